The first kappa shape index (κ1) is 23.5. The number of sulfone groups is 1. The first-order chi connectivity index (χ1) is 15.0. The lowest BCUT2D eigenvalue weighted by Gasteiger charge is -2.23. The fourth-order valence-electron chi connectivity index (χ4n) is 3.44. The normalized spacial score (nSPS) is 13.4. The highest BCUT2D eigenvalue weighted by atomic mass is 32.2. The molecule has 3 aromatic carbocycles. The van der Waals surface area contributed by atoms with E-state index in [2.05, 4.69) is 5.32 Å². The number of carbonyl (C=O) groups is 1. The van der Waals surface area contributed by atoms with Gasteiger partial charge in [0.25, 0.3) is 5.91 Å². The molecule has 0 saturated carbocycles. The topological polar surface area (TPSA) is 104 Å². The van der Waals surface area contributed by atoms with E-state index in [-0.39, 0.29) is 17.1 Å². The first-order valence-electron chi connectivity index (χ1n) is 10.2. The summed E-state index contributed by atoms with van der Waals surface area (Å²) in [6, 6.07) is 18.4. The van der Waals surface area contributed by atoms with Crippen molar-refractivity contribution in [1.29, 1.82) is 0 Å². The number of anilines is 1. The summed E-state index contributed by atoms with van der Waals surface area (Å²) in [5.41, 5.74) is 1.63. The second-order valence-corrected chi connectivity index (χ2v) is 10.2. The van der Waals surface area contributed by atoms with Crippen LogP contribution in [-0.2, 0) is 21.1 Å². The van der Waals surface area contributed by atoms with E-state index < -0.39 is 27.1 Å². The summed E-state index contributed by atoms with van der Waals surface area (Å²) in [5, 5.41) is 23.1. The van der Waals surface area contributed by atoms with Gasteiger partial charge in [0, 0.05) is 5.69 Å². The van der Waals surface area contributed by atoms with E-state index in [9.17, 15) is 23.4 Å². The first-order valence-corrected chi connectivity index (χ1v) is 11.8. The predicted molar refractivity (Wildman–Crippen MR) is 125 cm³/mol. The van der Waals surface area contributed by atoms with Crippen molar-refractivity contribution in [2.45, 2.75) is 37.7 Å². The summed E-state index contributed by atoms with van der Waals surface area (Å²) in [4.78, 5) is 12.7. The number of rotatable bonds is 7. The number of hydrogen-bond donors (Lipinski definition) is 3. The molecule has 1 atom stereocenters. The summed E-state index contributed by atoms with van der Waals surface area (Å²) < 4.78 is 26.4. The van der Waals surface area contributed by atoms with E-state index in [0.717, 1.165) is 16.7 Å². The van der Waals surface area contributed by atoms with Crippen LogP contribution in [0.5, 0.6) is 5.75 Å². The lowest BCUT2D eigenvalue weighted by molar-refractivity contribution is -0.130. The number of aliphatic hydroxyl groups is 1. The molecule has 168 valence electrons. The highest BCUT2D eigenvalue weighted by Gasteiger charge is 2.37. The molecule has 3 rings (SSSR count). The summed E-state index contributed by atoms with van der Waals surface area (Å²) in [6.45, 7) is 5.04. The molecule has 0 aromatic heterocycles. The Hall–Kier alpha value is -3.16. The Kier molecular flexibility index (Phi) is 6.71. The molecule has 6 nitrogen and oxygen atoms in total. The van der Waals surface area contributed by atoms with Crippen LogP contribution in [0.15, 0.2) is 71.6 Å². The van der Waals surface area contributed by atoms with Crippen molar-refractivity contribution in [3.63, 3.8) is 0 Å². The molecule has 0 saturated heterocycles. The van der Waals surface area contributed by atoms with Crippen molar-refractivity contribution in [2.75, 3.05) is 11.1 Å². The third-order valence-corrected chi connectivity index (χ3v) is 7.35. The number of carbonyl (C=O) groups excluding carboxylic acids is 1. The molecular formula is C25H27NO5S. The number of hydrogen-bond acceptors (Lipinski definition) is 5. The zero-order chi connectivity index (χ0) is 23.5. The van der Waals surface area contributed by atoms with Crippen LogP contribution in [0.2, 0.25) is 0 Å². The van der Waals surface area contributed by atoms with Gasteiger partial charge >= 0.3 is 0 Å². The molecule has 0 fully saturated rings. The Morgan fingerprint density at radius 2 is 1.69 bits per heavy atom. The third-order valence-electron chi connectivity index (χ3n) is 5.34. The largest absolute Gasteiger partial charge is 0.508 e. The van der Waals surface area contributed by atoms with Crippen LogP contribution in [0.4, 0.5) is 5.69 Å². The zero-order valence-electron chi connectivity index (χ0n) is 18.3. The second kappa shape index (κ2) is 9.14. The number of amides is 1. The molecule has 0 spiro atoms. The summed E-state index contributed by atoms with van der Waals surface area (Å²) >= 11 is 0. The molecule has 7 heteroatoms. The molecule has 0 bridgehead atoms. The number of benzene rings is 3. The molecule has 3 N–H and O–H groups in total. The number of aromatic hydroxyl groups is 1. The standard InChI is InChI=1S/C25H27NO5S/c1-17-11-12-21(13-18(17)2)26-24(28)25(3,29)16-32(30,31)23-10-5-4-8-20(23)14-19-7-6-9-22(27)15-19/h4-13,15,27,29H,14,16H2,1-3H3,(H,26,28). The predicted octanol–water partition coefficient (Wildman–Crippen LogP) is 3.76. The fourth-order valence-corrected chi connectivity index (χ4v) is 5.29. The Labute approximate surface area is 188 Å². The van der Waals surface area contributed by atoms with Gasteiger partial charge in [-0.05, 0) is 79.8 Å². The van der Waals surface area contributed by atoms with E-state index in [1.165, 1.54) is 19.1 Å². The van der Waals surface area contributed by atoms with Crippen molar-refractivity contribution in [3.05, 3.63) is 89.0 Å². The third kappa shape index (κ3) is 5.55. The van der Waals surface area contributed by atoms with Gasteiger partial charge in [0.1, 0.15) is 5.75 Å². The fraction of sp³-hybridized carbons (Fsp3) is 0.240. The van der Waals surface area contributed by atoms with Crippen molar-refractivity contribution < 1.29 is 23.4 Å². The summed E-state index contributed by atoms with van der Waals surface area (Å²) in [7, 11) is -4.00. The maximum Gasteiger partial charge on any atom is 0.257 e. The van der Waals surface area contributed by atoms with Crippen LogP contribution >= 0.6 is 0 Å². The molecule has 0 aliphatic carbocycles. The quantitative estimate of drug-likeness (QED) is 0.505. The van der Waals surface area contributed by atoms with E-state index in [1.807, 2.05) is 19.9 Å². The number of phenolic OH excluding ortho intramolecular Hbond substituents is 1. The van der Waals surface area contributed by atoms with Gasteiger partial charge in [-0.25, -0.2) is 8.42 Å². The summed E-state index contributed by atoms with van der Waals surface area (Å²) in [5.74, 6) is -1.48. The SMILES string of the molecule is Cc1ccc(NC(=O)C(C)(O)CS(=O)(=O)c2ccccc2Cc2cccc(O)c2)cc1C. The minimum absolute atomic E-state index is 0.0441. The van der Waals surface area contributed by atoms with Crippen molar-refractivity contribution in [2.24, 2.45) is 0 Å². The van der Waals surface area contributed by atoms with Gasteiger partial charge in [-0.3, -0.25) is 4.79 Å². The molecule has 3 aromatic rings. The minimum Gasteiger partial charge on any atom is -0.508 e. The average molecular weight is 454 g/mol. The van der Waals surface area contributed by atoms with E-state index in [0.29, 0.717) is 11.3 Å². The molecular weight excluding hydrogens is 426 g/mol. The van der Waals surface area contributed by atoms with Crippen molar-refractivity contribution in [3.8, 4) is 5.75 Å². The van der Waals surface area contributed by atoms with Gasteiger partial charge in [0.15, 0.2) is 15.4 Å². The average Bonchev–Trinajstić information content (AvgIpc) is 2.70. The molecule has 0 radical (unpaired) electrons. The maximum absolute atomic E-state index is 13.2. The van der Waals surface area contributed by atoms with Crippen LogP contribution in [0.25, 0.3) is 0 Å². The van der Waals surface area contributed by atoms with E-state index >= 15 is 0 Å². The lowest BCUT2D eigenvalue weighted by Crippen LogP contribution is -2.45. The smallest absolute Gasteiger partial charge is 0.257 e. The van der Waals surface area contributed by atoms with Gasteiger partial charge < -0.3 is 15.5 Å². The Morgan fingerprint density at radius 3 is 2.38 bits per heavy atom. The van der Waals surface area contributed by atoms with Crippen LogP contribution in [-0.4, -0.2) is 35.9 Å². The van der Waals surface area contributed by atoms with Crippen LogP contribution in [0.3, 0.4) is 0 Å². The molecule has 32 heavy (non-hydrogen) atoms. The van der Waals surface area contributed by atoms with Gasteiger partial charge in [-0.15, -0.1) is 0 Å². The highest BCUT2D eigenvalue weighted by molar-refractivity contribution is 7.91. The van der Waals surface area contributed by atoms with Gasteiger partial charge in [0.05, 0.1) is 10.6 Å². The monoisotopic (exact) mass is 453 g/mol. The van der Waals surface area contributed by atoms with Gasteiger partial charge in [-0.1, -0.05) is 36.4 Å². The minimum atomic E-state index is -4.00. The molecule has 1 amide bonds. The highest BCUT2D eigenvalue weighted by Crippen LogP contribution is 2.25. The maximum atomic E-state index is 13.2. The van der Waals surface area contributed by atoms with Crippen molar-refractivity contribution in [1.82, 2.24) is 0 Å². The van der Waals surface area contributed by atoms with Crippen LogP contribution in [0.1, 0.15) is 29.2 Å². The molecule has 0 heterocycles. The van der Waals surface area contributed by atoms with E-state index in [4.69, 9.17) is 0 Å². The van der Waals surface area contributed by atoms with Gasteiger partial charge in [-0.2, -0.15) is 0 Å². The van der Waals surface area contributed by atoms with Gasteiger partial charge in [0.2, 0.25) is 0 Å². The number of aryl methyl sites for hydroxylation is 2. The van der Waals surface area contributed by atoms with Crippen molar-refractivity contribution >= 4 is 21.4 Å². The zero-order valence-corrected chi connectivity index (χ0v) is 19.1. The lowest BCUT2D eigenvalue weighted by atomic mass is 10.0. The van der Waals surface area contributed by atoms with Crippen LogP contribution < -0.4 is 5.32 Å². The molecule has 0 aliphatic heterocycles. The Morgan fingerprint density at radius 1 is 0.969 bits per heavy atom. The Bertz CT molecular complexity index is 1250. The second-order valence-electron chi connectivity index (χ2n) is 8.24. The van der Waals surface area contributed by atoms with Crippen LogP contribution in [0, 0.1) is 13.8 Å². The van der Waals surface area contributed by atoms with E-state index in [1.54, 1.807) is 48.5 Å². The Balaban J connectivity index is 1.83. The summed E-state index contributed by atoms with van der Waals surface area (Å²) in [6.07, 6.45) is 0.279. The molecule has 1 unspecified atom stereocenters. The molecule has 0 aliphatic rings. The number of nitrogens with one attached hydrogen (secondary N) is 1. The number of phenols is 1.